The van der Waals surface area contributed by atoms with E-state index in [4.69, 9.17) is 5.73 Å². The van der Waals surface area contributed by atoms with Gasteiger partial charge in [0.15, 0.2) is 17.5 Å². The molecular weight excluding hydrogens is 245 g/mol. The van der Waals surface area contributed by atoms with Gasteiger partial charge in [-0.05, 0) is 12.8 Å². The highest BCUT2D eigenvalue weighted by Gasteiger charge is 2.32. The predicted molar refractivity (Wildman–Crippen MR) is 57.6 cm³/mol. The molecule has 1 aromatic heterocycles. The number of anilines is 1. The summed E-state index contributed by atoms with van der Waals surface area (Å²) in [5, 5.41) is 7.29. The molecule has 2 N–H and O–H groups in total. The predicted octanol–water partition coefficient (Wildman–Crippen LogP) is 2.14. The molecule has 1 heterocycles. The summed E-state index contributed by atoms with van der Waals surface area (Å²) in [6.45, 7) is 0. The highest BCUT2D eigenvalue weighted by Crippen LogP contribution is 2.42. The van der Waals surface area contributed by atoms with Gasteiger partial charge in [0.25, 0.3) is 0 Å². The molecule has 0 atom stereocenters. The fourth-order valence-corrected chi connectivity index (χ4v) is 1.91. The Balaban J connectivity index is 2.21. The second kappa shape index (κ2) is 3.72. The van der Waals surface area contributed by atoms with Gasteiger partial charge in [-0.3, -0.25) is 0 Å². The van der Waals surface area contributed by atoms with Crippen molar-refractivity contribution in [1.82, 2.24) is 15.0 Å². The monoisotopic (exact) mass is 254 g/mol. The Morgan fingerprint density at radius 2 is 1.94 bits per heavy atom. The minimum absolute atomic E-state index is 0.130. The number of nitrogens with two attached hydrogens (primary N) is 1. The zero-order valence-electron chi connectivity index (χ0n) is 9.20. The van der Waals surface area contributed by atoms with Crippen LogP contribution in [-0.2, 0) is 0 Å². The molecule has 0 saturated heterocycles. The standard InChI is InChI=1S/C11H9F3N4/c12-6-3-7(13)9(14)8(4-6)18-10(5-1-2-5)11(15)16-17-18/h3-5H,1-2,15H2. The molecule has 0 bridgehead atoms. The maximum Gasteiger partial charge on any atom is 0.184 e. The van der Waals surface area contributed by atoms with Crippen molar-refractivity contribution in [3.8, 4) is 5.69 Å². The van der Waals surface area contributed by atoms with Crippen LogP contribution in [-0.4, -0.2) is 15.0 Å². The highest BCUT2D eigenvalue weighted by atomic mass is 19.2. The molecule has 3 rings (SSSR count). The lowest BCUT2D eigenvalue weighted by molar-refractivity contribution is 0.485. The van der Waals surface area contributed by atoms with E-state index in [1.807, 2.05) is 0 Å². The number of hydrogen-bond acceptors (Lipinski definition) is 3. The number of benzene rings is 1. The molecule has 18 heavy (non-hydrogen) atoms. The number of nitrogens with zero attached hydrogens (tertiary/aromatic N) is 3. The van der Waals surface area contributed by atoms with Crippen molar-refractivity contribution in [3.63, 3.8) is 0 Å². The third kappa shape index (κ3) is 1.62. The van der Waals surface area contributed by atoms with E-state index in [0.717, 1.165) is 23.6 Å². The van der Waals surface area contributed by atoms with Gasteiger partial charge in [-0.25, -0.2) is 17.9 Å². The fourth-order valence-electron chi connectivity index (χ4n) is 1.91. The van der Waals surface area contributed by atoms with Crippen LogP contribution >= 0.6 is 0 Å². The molecule has 0 aliphatic heterocycles. The number of halogens is 3. The van der Waals surface area contributed by atoms with Gasteiger partial charge < -0.3 is 5.73 Å². The van der Waals surface area contributed by atoms with E-state index in [2.05, 4.69) is 10.3 Å². The number of hydrogen-bond donors (Lipinski definition) is 1. The molecule has 1 aromatic carbocycles. The van der Waals surface area contributed by atoms with E-state index in [1.54, 1.807) is 0 Å². The van der Waals surface area contributed by atoms with E-state index < -0.39 is 17.5 Å². The Morgan fingerprint density at radius 1 is 1.22 bits per heavy atom. The molecule has 0 radical (unpaired) electrons. The molecule has 0 amide bonds. The Hall–Kier alpha value is -2.05. The van der Waals surface area contributed by atoms with E-state index >= 15 is 0 Å². The van der Waals surface area contributed by atoms with Gasteiger partial charge in [-0.15, -0.1) is 5.10 Å². The van der Waals surface area contributed by atoms with Crippen LogP contribution in [0.25, 0.3) is 5.69 Å². The Labute approximate surface area is 100 Å². The average molecular weight is 254 g/mol. The number of rotatable bonds is 2. The van der Waals surface area contributed by atoms with Crippen LogP contribution in [0, 0.1) is 17.5 Å². The minimum Gasteiger partial charge on any atom is -0.381 e. The summed E-state index contributed by atoms with van der Waals surface area (Å²) in [5.74, 6) is -3.00. The summed E-state index contributed by atoms with van der Waals surface area (Å²) in [6.07, 6.45) is 1.77. The molecule has 1 saturated carbocycles. The largest absolute Gasteiger partial charge is 0.381 e. The van der Waals surface area contributed by atoms with Gasteiger partial charge in [-0.2, -0.15) is 0 Å². The average Bonchev–Trinajstić information content (AvgIpc) is 3.08. The van der Waals surface area contributed by atoms with E-state index in [-0.39, 0.29) is 17.4 Å². The second-order valence-electron chi connectivity index (χ2n) is 4.27. The van der Waals surface area contributed by atoms with Crippen molar-refractivity contribution in [2.24, 2.45) is 0 Å². The lowest BCUT2D eigenvalue weighted by atomic mass is 10.2. The first-order valence-corrected chi connectivity index (χ1v) is 5.44. The van der Waals surface area contributed by atoms with Gasteiger partial charge >= 0.3 is 0 Å². The van der Waals surface area contributed by atoms with Crippen molar-refractivity contribution in [2.75, 3.05) is 5.73 Å². The van der Waals surface area contributed by atoms with Crippen molar-refractivity contribution < 1.29 is 13.2 Å². The topological polar surface area (TPSA) is 56.7 Å². The van der Waals surface area contributed by atoms with E-state index in [1.165, 1.54) is 0 Å². The summed E-state index contributed by atoms with van der Waals surface area (Å²) in [4.78, 5) is 0. The summed E-state index contributed by atoms with van der Waals surface area (Å²) in [6, 6.07) is 1.36. The fraction of sp³-hybridized carbons (Fsp3) is 0.273. The smallest absolute Gasteiger partial charge is 0.184 e. The first-order chi connectivity index (χ1) is 8.58. The highest BCUT2D eigenvalue weighted by molar-refractivity contribution is 5.45. The lowest BCUT2D eigenvalue weighted by Gasteiger charge is -2.07. The van der Waals surface area contributed by atoms with Crippen LogP contribution in [0.15, 0.2) is 12.1 Å². The first-order valence-electron chi connectivity index (χ1n) is 5.44. The number of nitrogen functional groups attached to an aromatic ring is 1. The zero-order chi connectivity index (χ0) is 12.9. The minimum atomic E-state index is -1.26. The Kier molecular flexibility index (Phi) is 2.29. The van der Waals surface area contributed by atoms with Crippen LogP contribution in [0.4, 0.5) is 19.0 Å². The van der Waals surface area contributed by atoms with Crippen molar-refractivity contribution >= 4 is 5.82 Å². The van der Waals surface area contributed by atoms with Crippen LogP contribution in [0.5, 0.6) is 0 Å². The third-order valence-corrected chi connectivity index (χ3v) is 2.90. The van der Waals surface area contributed by atoms with Gasteiger partial charge in [-0.1, -0.05) is 5.21 Å². The molecular formula is C11H9F3N4. The molecule has 7 heteroatoms. The van der Waals surface area contributed by atoms with Crippen molar-refractivity contribution in [1.29, 1.82) is 0 Å². The first kappa shape index (κ1) is 11.1. The molecule has 1 fully saturated rings. The van der Waals surface area contributed by atoms with Crippen LogP contribution in [0.3, 0.4) is 0 Å². The van der Waals surface area contributed by atoms with Crippen LogP contribution < -0.4 is 5.73 Å². The quantitative estimate of drug-likeness (QED) is 0.835. The maximum absolute atomic E-state index is 13.7. The molecule has 94 valence electrons. The Morgan fingerprint density at radius 3 is 2.61 bits per heavy atom. The van der Waals surface area contributed by atoms with Crippen LogP contribution in [0.2, 0.25) is 0 Å². The van der Waals surface area contributed by atoms with Crippen LogP contribution in [0.1, 0.15) is 24.5 Å². The van der Waals surface area contributed by atoms with Gasteiger partial charge in [0.1, 0.15) is 11.5 Å². The summed E-state index contributed by atoms with van der Waals surface area (Å²) in [5.41, 5.74) is 5.85. The van der Waals surface area contributed by atoms with Gasteiger partial charge in [0.05, 0.1) is 5.69 Å². The SMILES string of the molecule is Nc1nnn(-c2cc(F)cc(F)c2F)c1C1CC1. The normalized spacial score (nSPS) is 15.1. The zero-order valence-corrected chi connectivity index (χ0v) is 9.20. The molecule has 1 aliphatic carbocycles. The summed E-state index contributed by atoms with van der Waals surface area (Å²) >= 11 is 0. The summed E-state index contributed by atoms with van der Waals surface area (Å²) in [7, 11) is 0. The van der Waals surface area contributed by atoms with Crippen molar-refractivity contribution in [2.45, 2.75) is 18.8 Å². The molecule has 0 spiro atoms. The van der Waals surface area contributed by atoms with Crippen molar-refractivity contribution in [3.05, 3.63) is 35.3 Å². The van der Waals surface area contributed by atoms with E-state index in [9.17, 15) is 13.2 Å². The summed E-state index contributed by atoms with van der Waals surface area (Å²) < 4.78 is 41.1. The molecule has 4 nitrogen and oxygen atoms in total. The maximum atomic E-state index is 13.7. The van der Waals surface area contributed by atoms with Gasteiger partial charge in [0.2, 0.25) is 0 Å². The third-order valence-electron chi connectivity index (χ3n) is 2.90. The lowest BCUT2D eigenvalue weighted by Crippen LogP contribution is -2.07. The van der Waals surface area contributed by atoms with Gasteiger partial charge in [0, 0.05) is 18.1 Å². The molecule has 0 unspecified atom stereocenters. The second-order valence-corrected chi connectivity index (χ2v) is 4.27. The van der Waals surface area contributed by atoms with E-state index in [0.29, 0.717) is 11.8 Å². The molecule has 1 aliphatic rings. The Bertz CT molecular complexity index is 619. The number of aromatic nitrogens is 3. The molecule has 2 aromatic rings.